The van der Waals surface area contributed by atoms with Gasteiger partial charge in [-0.1, -0.05) is 26.7 Å². The lowest BCUT2D eigenvalue weighted by atomic mass is 9.82. The Bertz CT molecular complexity index is 201. The molecule has 1 heterocycles. The lowest BCUT2D eigenvalue weighted by molar-refractivity contribution is 0.157. The minimum Gasteiger partial charge on any atom is -0.381 e. The molecular weight excluding hydrogens is 198 g/mol. The zero-order valence-corrected chi connectivity index (χ0v) is 10.9. The summed E-state index contributed by atoms with van der Waals surface area (Å²) in [5.74, 6) is 2.59. The Morgan fingerprint density at radius 3 is 2.75 bits per heavy atom. The molecule has 0 aromatic rings. The van der Waals surface area contributed by atoms with Crippen LogP contribution in [0.3, 0.4) is 0 Å². The minimum absolute atomic E-state index is 0.722. The molecule has 1 aliphatic carbocycles. The summed E-state index contributed by atoms with van der Waals surface area (Å²) in [7, 11) is 0. The Morgan fingerprint density at radius 1 is 1.31 bits per heavy atom. The summed E-state index contributed by atoms with van der Waals surface area (Å²) in [5.41, 5.74) is 0. The lowest BCUT2D eigenvalue weighted by Gasteiger charge is -2.32. The topological polar surface area (TPSA) is 21.3 Å². The Morgan fingerprint density at radius 2 is 2.19 bits per heavy atom. The van der Waals surface area contributed by atoms with Gasteiger partial charge in [-0.05, 0) is 37.6 Å². The predicted octanol–water partition coefficient (Wildman–Crippen LogP) is 2.83. The van der Waals surface area contributed by atoms with E-state index < -0.39 is 0 Å². The van der Waals surface area contributed by atoms with E-state index in [2.05, 4.69) is 19.2 Å². The van der Waals surface area contributed by atoms with Crippen LogP contribution in [0.25, 0.3) is 0 Å². The Labute approximate surface area is 100 Å². The van der Waals surface area contributed by atoms with E-state index in [1.54, 1.807) is 0 Å². The molecule has 0 radical (unpaired) electrons. The maximum absolute atomic E-state index is 5.57. The smallest absolute Gasteiger partial charge is 0.0510 e. The SMILES string of the molecule is CCCNC(C1CCOC1)C1CCCC1C. The van der Waals surface area contributed by atoms with Crippen molar-refractivity contribution in [1.82, 2.24) is 5.32 Å². The van der Waals surface area contributed by atoms with Gasteiger partial charge in [0, 0.05) is 18.6 Å². The molecule has 2 nitrogen and oxygen atoms in total. The van der Waals surface area contributed by atoms with Crippen LogP contribution in [0.1, 0.15) is 46.0 Å². The standard InChI is InChI=1S/C14H27NO/c1-3-8-15-14(12-7-9-16-10-12)13-6-4-5-11(13)2/h11-15H,3-10H2,1-2H3. The highest BCUT2D eigenvalue weighted by molar-refractivity contribution is 4.90. The third-order valence-corrected chi connectivity index (χ3v) is 4.49. The van der Waals surface area contributed by atoms with E-state index in [4.69, 9.17) is 4.74 Å². The van der Waals surface area contributed by atoms with E-state index in [0.29, 0.717) is 0 Å². The van der Waals surface area contributed by atoms with Crippen LogP contribution in [-0.2, 0) is 4.74 Å². The van der Waals surface area contributed by atoms with Crippen LogP contribution in [0.5, 0.6) is 0 Å². The van der Waals surface area contributed by atoms with Gasteiger partial charge in [-0.3, -0.25) is 0 Å². The van der Waals surface area contributed by atoms with Crippen molar-refractivity contribution in [3.8, 4) is 0 Å². The maximum atomic E-state index is 5.57. The van der Waals surface area contributed by atoms with Gasteiger partial charge in [-0.15, -0.1) is 0 Å². The van der Waals surface area contributed by atoms with E-state index in [1.807, 2.05) is 0 Å². The fourth-order valence-corrected chi connectivity index (χ4v) is 3.52. The van der Waals surface area contributed by atoms with Crippen LogP contribution in [0.2, 0.25) is 0 Å². The minimum atomic E-state index is 0.722. The van der Waals surface area contributed by atoms with Gasteiger partial charge in [-0.2, -0.15) is 0 Å². The van der Waals surface area contributed by atoms with E-state index in [-0.39, 0.29) is 0 Å². The van der Waals surface area contributed by atoms with Crippen LogP contribution in [0.4, 0.5) is 0 Å². The van der Waals surface area contributed by atoms with Crippen molar-refractivity contribution < 1.29 is 4.74 Å². The molecule has 1 saturated heterocycles. The van der Waals surface area contributed by atoms with Crippen molar-refractivity contribution >= 4 is 0 Å². The van der Waals surface area contributed by atoms with Gasteiger partial charge in [0.2, 0.25) is 0 Å². The first-order chi connectivity index (χ1) is 7.83. The van der Waals surface area contributed by atoms with Crippen LogP contribution in [0.15, 0.2) is 0 Å². The van der Waals surface area contributed by atoms with Crippen LogP contribution >= 0.6 is 0 Å². The van der Waals surface area contributed by atoms with Crippen molar-refractivity contribution in [1.29, 1.82) is 0 Å². The molecule has 0 spiro atoms. The van der Waals surface area contributed by atoms with Crippen LogP contribution in [-0.4, -0.2) is 25.8 Å². The molecule has 4 atom stereocenters. The molecule has 0 amide bonds. The fourth-order valence-electron chi connectivity index (χ4n) is 3.52. The van der Waals surface area contributed by atoms with Gasteiger partial charge in [0.25, 0.3) is 0 Å². The second kappa shape index (κ2) is 6.02. The molecule has 0 aromatic carbocycles. The largest absolute Gasteiger partial charge is 0.381 e. The van der Waals surface area contributed by atoms with Gasteiger partial charge < -0.3 is 10.1 Å². The summed E-state index contributed by atoms with van der Waals surface area (Å²) in [4.78, 5) is 0. The third-order valence-electron chi connectivity index (χ3n) is 4.49. The normalized spacial score (nSPS) is 36.8. The number of hydrogen-bond acceptors (Lipinski definition) is 2. The van der Waals surface area contributed by atoms with Crippen molar-refractivity contribution in [3.63, 3.8) is 0 Å². The van der Waals surface area contributed by atoms with Crippen molar-refractivity contribution in [2.24, 2.45) is 17.8 Å². The quantitative estimate of drug-likeness (QED) is 0.777. The molecule has 0 aromatic heterocycles. The molecule has 0 bridgehead atoms. The van der Waals surface area contributed by atoms with Crippen molar-refractivity contribution in [2.45, 2.75) is 52.0 Å². The van der Waals surface area contributed by atoms with E-state index >= 15 is 0 Å². The monoisotopic (exact) mass is 225 g/mol. The molecule has 94 valence electrons. The number of ether oxygens (including phenoxy) is 1. The first kappa shape index (κ1) is 12.4. The summed E-state index contributed by atoms with van der Waals surface area (Å²) in [6.07, 6.45) is 6.81. The Hall–Kier alpha value is -0.0800. The second-order valence-electron chi connectivity index (χ2n) is 5.68. The maximum Gasteiger partial charge on any atom is 0.0510 e. The molecule has 1 saturated carbocycles. The third kappa shape index (κ3) is 2.78. The average molecular weight is 225 g/mol. The highest BCUT2D eigenvalue weighted by Gasteiger charge is 2.36. The second-order valence-corrected chi connectivity index (χ2v) is 5.68. The number of hydrogen-bond donors (Lipinski definition) is 1. The number of rotatable bonds is 5. The summed E-state index contributed by atoms with van der Waals surface area (Å²) in [6.45, 7) is 7.84. The molecule has 1 N–H and O–H groups in total. The lowest BCUT2D eigenvalue weighted by Crippen LogP contribution is -2.44. The van der Waals surface area contributed by atoms with E-state index in [0.717, 1.165) is 37.0 Å². The van der Waals surface area contributed by atoms with Gasteiger partial charge in [0.05, 0.1) is 6.61 Å². The molecule has 2 aliphatic rings. The summed E-state index contributed by atoms with van der Waals surface area (Å²) in [5, 5.41) is 3.80. The van der Waals surface area contributed by atoms with E-state index in [9.17, 15) is 0 Å². The summed E-state index contributed by atoms with van der Waals surface area (Å²) < 4.78 is 5.57. The molecule has 1 aliphatic heterocycles. The van der Waals surface area contributed by atoms with Crippen molar-refractivity contribution in [2.75, 3.05) is 19.8 Å². The molecule has 2 heteroatoms. The molecule has 2 rings (SSSR count). The summed E-state index contributed by atoms with van der Waals surface area (Å²) in [6, 6.07) is 0.722. The van der Waals surface area contributed by atoms with Gasteiger partial charge in [0.15, 0.2) is 0 Å². The Kier molecular flexibility index (Phi) is 4.66. The highest BCUT2D eigenvalue weighted by atomic mass is 16.5. The average Bonchev–Trinajstić information content (AvgIpc) is 2.91. The van der Waals surface area contributed by atoms with Crippen molar-refractivity contribution in [3.05, 3.63) is 0 Å². The summed E-state index contributed by atoms with van der Waals surface area (Å²) >= 11 is 0. The first-order valence-electron chi connectivity index (χ1n) is 7.14. The zero-order chi connectivity index (χ0) is 11.4. The van der Waals surface area contributed by atoms with Gasteiger partial charge in [0.1, 0.15) is 0 Å². The molecule has 2 fully saturated rings. The van der Waals surface area contributed by atoms with Crippen LogP contribution < -0.4 is 5.32 Å². The Balaban J connectivity index is 1.95. The van der Waals surface area contributed by atoms with Crippen LogP contribution in [0, 0.1) is 17.8 Å². The van der Waals surface area contributed by atoms with Gasteiger partial charge in [-0.25, -0.2) is 0 Å². The predicted molar refractivity (Wildman–Crippen MR) is 67.5 cm³/mol. The van der Waals surface area contributed by atoms with E-state index in [1.165, 1.54) is 38.6 Å². The number of nitrogens with one attached hydrogen (secondary N) is 1. The molecular formula is C14H27NO. The van der Waals surface area contributed by atoms with Gasteiger partial charge >= 0.3 is 0 Å². The zero-order valence-electron chi connectivity index (χ0n) is 10.9. The first-order valence-corrected chi connectivity index (χ1v) is 7.14. The highest BCUT2D eigenvalue weighted by Crippen LogP contribution is 2.37. The molecule has 4 unspecified atom stereocenters. The fraction of sp³-hybridized carbons (Fsp3) is 1.00. The molecule has 16 heavy (non-hydrogen) atoms.